The van der Waals surface area contributed by atoms with Crippen LogP contribution in [0.5, 0.6) is 5.75 Å². The highest BCUT2D eigenvalue weighted by atomic mass is 35.5. The van der Waals surface area contributed by atoms with Crippen LogP contribution in [0.4, 0.5) is 15.9 Å². The minimum Gasteiger partial charge on any atom is -0.491 e. The molecule has 0 atom stereocenters. The Balaban J connectivity index is 2.51. The maximum absolute atomic E-state index is 14.3. The molecular weight excluding hydrogens is 345 g/mol. The van der Waals surface area contributed by atoms with Crippen molar-refractivity contribution >= 4 is 28.7 Å². The Labute approximate surface area is 150 Å². The minimum absolute atomic E-state index is 0.168. The van der Waals surface area contributed by atoms with Crippen molar-refractivity contribution < 1.29 is 9.13 Å². The fraction of sp³-hybridized carbons (Fsp3) is 0.176. The van der Waals surface area contributed by atoms with Crippen LogP contribution >= 0.6 is 11.6 Å². The van der Waals surface area contributed by atoms with Crippen LogP contribution in [0.15, 0.2) is 53.7 Å². The molecule has 0 amide bonds. The zero-order chi connectivity index (χ0) is 18.2. The first-order chi connectivity index (χ1) is 12.1. The van der Waals surface area contributed by atoms with Crippen molar-refractivity contribution in [3.8, 4) is 5.75 Å². The summed E-state index contributed by atoms with van der Waals surface area (Å²) in [6.07, 6.45) is 8.96. The molecule has 2 aromatic rings. The average molecular weight is 362 g/mol. The van der Waals surface area contributed by atoms with Crippen molar-refractivity contribution in [2.45, 2.75) is 13.8 Å². The Bertz CT molecular complexity index is 821. The monoisotopic (exact) mass is 361 g/mol. The third-order valence-corrected chi connectivity index (χ3v) is 3.46. The predicted octanol–water partition coefficient (Wildman–Crippen LogP) is 4.42. The van der Waals surface area contributed by atoms with E-state index in [-0.39, 0.29) is 11.4 Å². The third-order valence-electron chi connectivity index (χ3n) is 3.13. The smallest absolute Gasteiger partial charge is 0.179 e. The first kappa shape index (κ1) is 18.5. The van der Waals surface area contributed by atoms with Gasteiger partial charge in [0.05, 0.1) is 37.0 Å². The summed E-state index contributed by atoms with van der Waals surface area (Å²) in [5.41, 5.74) is 0.825. The van der Waals surface area contributed by atoms with E-state index < -0.39 is 5.83 Å². The van der Waals surface area contributed by atoms with Gasteiger partial charge in [0.2, 0.25) is 0 Å². The van der Waals surface area contributed by atoms with Crippen molar-refractivity contribution in [1.29, 1.82) is 0 Å². The van der Waals surface area contributed by atoms with Gasteiger partial charge in [-0.3, -0.25) is 0 Å². The Morgan fingerprint density at radius 3 is 2.64 bits per heavy atom. The number of ether oxygens (including phenoxy) is 1. The van der Waals surface area contributed by atoms with E-state index in [4.69, 9.17) is 16.3 Å². The van der Waals surface area contributed by atoms with Crippen molar-refractivity contribution in [2.75, 3.05) is 12.4 Å². The summed E-state index contributed by atoms with van der Waals surface area (Å²) in [4.78, 5) is 8.53. The van der Waals surface area contributed by atoms with Gasteiger partial charge in [0, 0.05) is 5.03 Å². The quantitative estimate of drug-likeness (QED) is 0.768. The van der Waals surface area contributed by atoms with Gasteiger partial charge in [0.25, 0.3) is 0 Å². The van der Waals surface area contributed by atoms with Gasteiger partial charge in [0.1, 0.15) is 5.83 Å². The molecule has 0 radical (unpaired) electrons. The molecule has 2 aromatic heterocycles. The Morgan fingerprint density at radius 1 is 1.24 bits per heavy atom. The highest BCUT2D eigenvalue weighted by molar-refractivity contribution is 6.31. The molecule has 0 saturated heterocycles. The molecule has 8 heteroatoms. The molecule has 2 heterocycles. The largest absolute Gasteiger partial charge is 0.491 e. The Morgan fingerprint density at radius 2 is 2.04 bits per heavy atom. The van der Waals surface area contributed by atoms with Crippen LogP contribution in [-0.4, -0.2) is 27.3 Å². The molecule has 0 saturated carbocycles. The van der Waals surface area contributed by atoms with Crippen LogP contribution in [0, 0.1) is 0 Å². The molecule has 0 aliphatic heterocycles. The zero-order valence-corrected chi connectivity index (χ0v) is 14.8. The number of hydrogen-bond acceptors (Lipinski definition) is 6. The molecule has 0 fully saturated rings. The maximum Gasteiger partial charge on any atom is 0.179 e. The van der Waals surface area contributed by atoms with Gasteiger partial charge >= 0.3 is 0 Å². The van der Waals surface area contributed by atoms with E-state index in [1.54, 1.807) is 26.0 Å². The van der Waals surface area contributed by atoms with E-state index in [9.17, 15) is 4.39 Å². The fourth-order valence-electron chi connectivity index (χ4n) is 1.86. The fourth-order valence-corrected chi connectivity index (χ4v) is 1.97. The van der Waals surface area contributed by atoms with Crippen LogP contribution in [0.3, 0.4) is 0 Å². The lowest BCUT2D eigenvalue weighted by molar-refractivity contribution is 0.413. The van der Waals surface area contributed by atoms with Gasteiger partial charge in [-0.2, -0.15) is 10.2 Å². The topological polar surface area (TPSA) is 72.8 Å². The lowest BCUT2D eigenvalue weighted by Gasteiger charge is -2.12. The Kier molecular flexibility index (Phi) is 6.59. The molecule has 0 bridgehead atoms. The molecule has 0 aliphatic carbocycles. The highest BCUT2D eigenvalue weighted by Gasteiger charge is 2.15. The van der Waals surface area contributed by atoms with Crippen molar-refractivity contribution in [3.05, 3.63) is 59.6 Å². The van der Waals surface area contributed by atoms with E-state index in [0.717, 1.165) is 0 Å². The van der Waals surface area contributed by atoms with Crippen molar-refractivity contribution in [3.63, 3.8) is 0 Å². The van der Waals surface area contributed by atoms with Gasteiger partial charge in [-0.25, -0.2) is 14.4 Å². The molecular formula is C17H17ClFN5O. The van der Waals surface area contributed by atoms with Crippen molar-refractivity contribution in [2.24, 2.45) is 0 Å². The molecule has 0 spiro atoms. The standard InChI is InChI=1S/C17H17ClFN5O/c1-4-11(18)8-13(14(19)5-2)16-20-10-15(25-3)17(24-16)23-12-6-7-21-22-9-12/h4-10H,1-3H3,(H,20,21,23,24)/b11-4+,13-8+,14-5+. The van der Waals surface area contributed by atoms with Crippen molar-refractivity contribution in [1.82, 2.24) is 20.2 Å². The van der Waals surface area contributed by atoms with Gasteiger partial charge < -0.3 is 10.1 Å². The molecule has 6 nitrogen and oxygen atoms in total. The summed E-state index contributed by atoms with van der Waals surface area (Å²) in [7, 11) is 1.49. The first-order valence-electron chi connectivity index (χ1n) is 7.39. The van der Waals surface area contributed by atoms with Crippen LogP contribution in [0.1, 0.15) is 19.7 Å². The second-order valence-corrected chi connectivity index (χ2v) is 5.17. The summed E-state index contributed by atoms with van der Waals surface area (Å²) in [6, 6.07) is 1.72. The van der Waals surface area contributed by atoms with E-state index in [1.165, 1.54) is 37.9 Å². The van der Waals surface area contributed by atoms with Gasteiger partial charge in [-0.15, -0.1) is 0 Å². The average Bonchev–Trinajstić information content (AvgIpc) is 2.66. The third kappa shape index (κ3) is 4.84. The molecule has 25 heavy (non-hydrogen) atoms. The molecule has 0 aromatic carbocycles. The zero-order valence-electron chi connectivity index (χ0n) is 14.0. The number of hydrogen-bond donors (Lipinski definition) is 1. The Hall–Kier alpha value is -2.80. The summed E-state index contributed by atoms with van der Waals surface area (Å²) >= 11 is 6.02. The number of halogens is 2. The normalized spacial score (nSPS) is 12.9. The lowest BCUT2D eigenvalue weighted by atomic mass is 10.2. The number of nitrogens with one attached hydrogen (secondary N) is 1. The van der Waals surface area contributed by atoms with Crippen LogP contribution in [-0.2, 0) is 0 Å². The minimum atomic E-state index is -0.485. The second-order valence-electron chi connectivity index (χ2n) is 4.73. The van der Waals surface area contributed by atoms with Gasteiger partial charge in [-0.05, 0) is 26.0 Å². The number of aromatic nitrogens is 4. The summed E-state index contributed by atoms with van der Waals surface area (Å²) < 4.78 is 19.5. The van der Waals surface area contributed by atoms with Gasteiger partial charge in [0.15, 0.2) is 17.4 Å². The second kappa shape index (κ2) is 8.89. The lowest BCUT2D eigenvalue weighted by Crippen LogP contribution is -2.03. The number of nitrogens with zero attached hydrogens (tertiary/aromatic N) is 4. The SMILES string of the molecule is C\C=C(Cl)/C=C(\C(F)=C/C)c1ncc(OC)c(Nc2ccnnc2)n1. The van der Waals surface area contributed by atoms with E-state index in [2.05, 4.69) is 25.5 Å². The van der Waals surface area contributed by atoms with Crippen LogP contribution in [0.25, 0.3) is 5.57 Å². The summed E-state index contributed by atoms with van der Waals surface area (Å²) in [5.74, 6) is 0.451. The van der Waals surface area contributed by atoms with E-state index in [1.807, 2.05) is 0 Å². The first-order valence-corrected chi connectivity index (χ1v) is 7.77. The van der Waals surface area contributed by atoms with E-state index >= 15 is 0 Å². The number of allylic oxidation sites excluding steroid dienone is 6. The van der Waals surface area contributed by atoms with Crippen LogP contribution < -0.4 is 10.1 Å². The maximum atomic E-state index is 14.3. The highest BCUT2D eigenvalue weighted by Crippen LogP contribution is 2.29. The van der Waals surface area contributed by atoms with Crippen LogP contribution in [0.2, 0.25) is 0 Å². The molecule has 0 aliphatic rings. The number of rotatable bonds is 6. The van der Waals surface area contributed by atoms with Gasteiger partial charge in [-0.1, -0.05) is 23.8 Å². The summed E-state index contributed by atoms with van der Waals surface area (Å²) in [5, 5.41) is 10.9. The molecule has 0 unspecified atom stereocenters. The molecule has 2 rings (SSSR count). The summed E-state index contributed by atoms with van der Waals surface area (Å²) in [6.45, 7) is 3.33. The molecule has 130 valence electrons. The number of anilines is 2. The predicted molar refractivity (Wildman–Crippen MR) is 96.4 cm³/mol. The molecule has 1 N–H and O–H groups in total. The number of methoxy groups -OCH3 is 1. The van der Waals surface area contributed by atoms with E-state index in [0.29, 0.717) is 22.3 Å².